The van der Waals surface area contributed by atoms with Crippen molar-refractivity contribution < 1.29 is 0 Å². The number of hydrogen-bond acceptors (Lipinski definition) is 4. The van der Waals surface area contributed by atoms with E-state index in [2.05, 4.69) is 80.5 Å². The topological polar surface area (TPSA) is 73.5 Å². The van der Waals surface area contributed by atoms with Gasteiger partial charge in [0, 0.05) is 42.3 Å². The molecule has 36 heavy (non-hydrogen) atoms. The first-order valence-corrected chi connectivity index (χ1v) is 12.6. The summed E-state index contributed by atoms with van der Waals surface area (Å²) in [7, 11) is 0. The molecule has 6 aromatic rings. The second-order valence-corrected chi connectivity index (χ2v) is 9.47. The molecule has 7 rings (SSSR count). The van der Waals surface area contributed by atoms with E-state index in [-0.39, 0.29) is 0 Å². The summed E-state index contributed by atoms with van der Waals surface area (Å²) in [6.45, 7) is 2.31. The molecule has 3 aromatic heterocycles. The average molecular weight is 471 g/mol. The third-order valence-corrected chi connectivity index (χ3v) is 7.11. The number of pyridine rings is 1. The van der Waals surface area contributed by atoms with Crippen LogP contribution in [0.25, 0.3) is 56.0 Å². The number of benzene rings is 3. The fourth-order valence-corrected chi connectivity index (χ4v) is 5.14. The SMILES string of the molecule is c1cc(-c2nc3ccc(-c4ccc5nc(-c6ccc(N7CCCCC7)cc6)[nH]c5c4)cc3[nH]2)ccn1. The van der Waals surface area contributed by atoms with Crippen LogP contribution in [0.15, 0.2) is 85.2 Å². The zero-order valence-electron chi connectivity index (χ0n) is 19.9. The van der Waals surface area contributed by atoms with Crippen molar-refractivity contribution in [1.82, 2.24) is 24.9 Å². The van der Waals surface area contributed by atoms with E-state index in [0.717, 1.165) is 69.1 Å². The zero-order chi connectivity index (χ0) is 23.9. The van der Waals surface area contributed by atoms with Gasteiger partial charge in [-0.15, -0.1) is 0 Å². The Hall–Kier alpha value is -4.45. The molecule has 0 aliphatic carbocycles. The number of nitrogens with zero attached hydrogens (tertiary/aromatic N) is 4. The Balaban J connectivity index is 1.18. The lowest BCUT2D eigenvalue weighted by molar-refractivity contribution is 0.578. The minimum Gasteiger partial charge on any atom is -0.372 e. The van der Waals surface area contributed by atoms with Crippen LogP contribution in [-0.2, 0) is 0 Å². The van der Waals surface area contributed by atoms with Crippen LogP contribution < -0.4 is 4.90 Å². The Morgan fingerprint density at radius 2 is 1.08 bits per heavy atom. The highest BCUT2D eigenvalue weighted by Crippen LogP contribution is 2.30. The lowest BCUT2D eigenvalue weighted by Crippen LogP contribution is -2.29. The van der Waals surface area contributed by atoms with Gasteiger partial charge in [-0.05, 0) is 91.1 Å². The van der Waals surface area contributed by atoms with E-state index in [1.54, 1.807) is 12.4 Å². The predicted octanol–water partition coefficient (Wildman–Crippen LogP) is 6.83. The Morgan fingerprint density at radius 3 is 1.67 bits per heavy atom. The molecule has 0 saturated carbocycles. The van der Waals surface area contributed by atoms with Gasteiger partial charge in [-0.1, -0.05) is 12.1 Å². The smallest absolute Gasteiger partial charge is 0.138 e. The van der Waals surface area contributed by atoms with E-state index in [0.29, 0.717) is 0 Å². The van der Waals surface area contributed by atoms with Crippen LogP contribution in [0.3, 0.4) is 0 Å². The summed E-state index contributed by atoms with van der Waals surface area (Å²) in [5.74, 6) is 1.75. The van der Waals surface area contributed by atoms with Crippen molar-refractivity contribution in [2.45, 2.75) is 19.3 Å². The summed E-state index contributed by atoms with van der Waals surface area (Å²) in [6, 6.07) is 25.5. The molecule has 0 bridgehead atoms. The van der Waals surface area contributed by atoms with Gasteiger partial charge < -0.3 is 14.9 Å². The number of H-pyrrole nitrogens is 2. The van der Waals surface area contributed by atoms with Gasteiger partial charge in [0.2, 0.25) is 0 Å². The first-order chi connectivity index (χ1) is 17.8. The lowest BCUT2D eigenvalue weighted by atomic mass is 10.0. The zero-order valence-corrected chi connectivity index (χ0v) is 19.9. The summed E-state index contributed by atoms with van der Waals surface area (Å²) >= 11 is 0. The van der Waals surface area contributed by atoms with Crippen LogP contribution in [0.4, 0.5) is 5.69 Å². The van der Waals surface area contributed by atoms with Crippen molar-refractivity contribution in [3.05, 3.63) is 85.2 Å². The van der Waals surface area contributed by atoms with Crippen molar-refractivity contribution in [2.24, 2.45) is 0 Å². The molecule has 1 aliphatic rings. The molecule has 0 atom stereocenters. The van der Waals surface area contributed by atoms with E-state index in [1.807, 2.05) is 12.1 Å². The Labute approximate surface area is 209 Å². The molecule has 6 heteroatoms. The maximum absolute atomic E-state index is 4.86. The minimum absolute atomic E-state index is 0.851. The number of aromatic nitrogens is 5. The molecule has 0 unspecified atom stereocenters. The van der Waals surface area contributed by atoms with E-state index in [4.69, 9.17) is 9.97 Å². The molecule has 4 heterocycles. The first kappa shape index (κ1) is 20.9. The van der Waals surface area contributed by atoms with Gasteiger partial charge in [-0.25, -0.2) is 9.97 Å². The van der Waals surface area contributed by atoms with Crippen molar-refractivity contribution >= 4 is 27.8 Å². The van der Waals surface area contributed by atoms with Gasteiger partial charge in [0.1, 0.15) is 11.6 Å². The fourth-order valence-electron chi connectivity index (χ4n) is 5.14. The number of fused-ring (bicyclic) bond motifs is 2. The van der Waals surface area contributed by atoms with Crippen LogP contribution in [0, 0.1) is 0 Å². The molecule has 2 N–H and O–H groups in total. The number of imidazole rings is 2. The second kappa shape index (κ2) is 8.64. The molecule has 176 valence electrons. The predicted molar refractivity (Wildman–Crippen MR) is 146 cm³/mol. The van der Waals surface area contributed by atoms with Gasteiger partial charge in [0.25, 0.3) is 0 Å². The standard InChI is InChI=1S/C30H26N6/c1-2-16-36(17-3-1)24-8-4-20(5-9-24)29-32-25-10-6-22(18-27(25)34-29)23-7-11-26-28(19-23)35-30(33-26)21-12-14-31-15-13-21/h4-15,18-19H,1-3,16-17H2,(H,32,34)(H,33,35). The fraction of sp³-hybridized carbons (Fsp3) is 0.167. The van der Waals surface area contributed by atoms with Crippen molar-refractivity contribution in [3.63, 3.8) is 0 Å². The summed E-state index contributed by atoms with van der Waals surface area (Å²) in [4.78, 5) is 23.2. The van der Waals surface area contributed by atoms with E-state index >= 15 is 0 Å². The second-order valence-electron chi connectivity index (χ2n) is 9.47. The van der Waals surface area contributed by atoms with Crippen molar-refractivity contribution in [1.29, 1.82) is 0 Å². The lowest BCUT2D eigenvalue weighted by Gasteiger charge is -2.28. The Bertz CT molecular complexity index is 1660. The monoisotopic (exact) mass is 470 g/mol. The van der Waals surface area contributed by atoms with E-state index in [9.17, 15) is 0 Å². The van der Waals surface area contributed by atoms with Crippen LogP contribution >= 0.6 is 0 Å². The molecule has 1 saturated heterocycles. The third kappa shape index (κ3) is 3.81. The van der Waals surface area contributed by atoms with Gasteiger partial charge in [0.15, 0.2) is 0 Å². The summed E-state index contributed by atoms with van der Waals surface area (Å²) in [5, 5.41) is 0. The van der Waals surface area contributed by atoms with Crippen LogP contribution in [-0.4, -0.2) is 38.0 Å². The highest BCUT2D eigenvalue weighted by atomic mass is 15.1. The highest BCUT2D eigenvalue weighted by Gasteiger charge is 2.13. The third-order valence-electron chi connectivity index (χ3n) is 7.11. The molecule has 6 nitrogen and oxygen atoms in total. The number of nitrogens with one attached hydrogen (secondary N) is 2. The van der Waals surface area contributed by atoms with Crippen LogP contribution in [0.1, 0.15) is 19.3 Å². The summed E-state index contributed by atoms with van der Waals surface area (Å²) in [5.41, 5.74) is 9.67. The maximum Gasteiger partial charge on any atom is 0.138 e. The van der Waals surface area contributed by atoms with Crippen LogP contribution in [0.5, 0.6) is 0 Å². The van der Waals surface area contributed by atoms with Crippen molar-refractivity contribution in [3.8, 4) is 33.9 Å². The summed E-state index contributed by atoms with van der Waals surface area (Å²) in [6.07, 6.45) is 7.48. The van der Waals surface area contributed by atoms with E-state index < -0.39 is 0 Å². The average Bonchev–Trinajstić information content (AvgIpc) is 3.58. The molecule has 0 spiro atoms. The van der Waals surface area contributed by atoms with Crippen molar-refractivity contribution in [2.75, 3.05) is 18.0 Å². The number of piperidine rings is 1. The molecule has 1 aliphatic heterocycles. The largest absolute Gasteiger partial charge is 0.372 e. The van der Waals surface area contributed by atoms with Gasteiger partial charge in [-0.2, -0.15) is 0 Å². The Kier molecular flexibility index (Phi) is 5.01. The van der Waals surface area contributed by atoms with Gasteiger partial charge in [0.05, 0.1) is 22.1 Å². The molecule has 3 aromatic carbocycles. The van der Waals surface area contributed by atoms with Gasteiger partial charge >= 0.3 is 0 Å². The minimum atomic E-state index is 0.851. The van der Waals surface area contributed by atoms with Gasteiger partial charge in [-0.3, -0.25) is 4.98 Å². The maximum atomic E-state index is 4.86. The molecule has 1 fully saturated rings. The normalized spacial score (nSPS) is 14.1. The number of hydrogen-bond donors (Lipinski definition) is 2. The molecular formula is C30H26N6. The highest BCUT2D eigenvalue weighted by molar-refractivity contribution is 5.88. The summed E-state index contributed by atoms with van der Waals surface area (Å²) < 4.78 is 0. The number of rotatable bonds is 4. The molecular weight excluding hydrogens is 444 g/mol. The number of aromatic amines is 2. The molecule has 0 amide bonds. The number of anilines is 1. The first-order valence-electron chi connectivity index (χ1n) is 12.6. The quantitative estimate of drug-likeness (QED) is 0.296. The Morgan fingerprint density at radius 1 is 0.556 bits per heavy atom. The van der Waals surface area contributed by atoms with E-state index in [1.165, 1.54) is 24.9 Å². The van der Waals surface area contributed by atoms with Crippen LogP contribution in [0.2, 0.25) is 0 Å². The molecule has 0 radical (unpaired) electrons.